The predicted molar refractivity (Wildman–Crippen MR) is 114 cm³/mol. The summed E-state index contributed by atoms with van der Waals surface area (Å²) < 4.78 is 0.417. The van der Waals surface area contributed by atoms with Gasteiger partial charge in [0.1, 0.15) is 0 Å². The first-order valence-corrected chi connectivity index (χ1v) is 11.1. The second-order valence-corrected chi connectivity index (χ2v) is 7.80. The third kappa shape index (κ3) is 10.3. The number of nitrogens with two attached hydrogens (primary N) is 1. The largest absolute Gasteiger partial charge is 0.336 e. The highest BCUT2D eigenvalue weighted by molar-refractivity contribution is 7.71. The molecule has 0 amide bonds. The first-order chi connectivity index (χ1) is 12.7. The van der Waals surface area contributed by atoms with Gasteiger partial charge in [0.25, 0.3) is 5.56 Å². The van der Waals surface area contributed by atoms with E-state index in [1.165, 1.54) is 70.6 Å². The van der Waals surface area contributed by atoms with Crippen molar-refractivity contribution in [3.8, 4) is 0 Å². The van der Waals surface area contributed by atoms with Gasteiger partial charge in [0, 0.05) is 11.3 Å². The van der Waals surface area contributed by atoms with E-state index in [2.05, 4.69) is 16.9 Å². The number of H-pyrrole nitrogens is 2. The van der Waals surface area contributed by atoms with E-state index in [4.69, 9.17) is 18.0 Å². The minimum absolute atomic E-state index is 0.0242. The minimum Gasteiger partial charge on any atom is -0.336 e. The molecule has 0 aliphatic rings. The molecule has 1 aromatic rings. The molecule has 0 aliphatic heterocycles. The standard InChI is InChI=1S/C21H39N3OS/c1-2-3-4-5-6-7-8-9-10-11-12-13-15-18-19(16-14-17-22)23-21(26)24-20(18)25/h2-17,22H2,1H3,(H2,23,24,25,26). The first kappa shape index (κ1) is 23.1. The molecule has 0 bridgehead atoms. The van der Waals surface area contributed by atoms with Crippen LogP contribution in [0.5, 0.6) is 0 Å². The lowest BCUT2D eigenvalue weighted by Gasteiger charge is -2.08. The molecule has 0 unspecified atom stereocenters. The maximum atomic E-state index is 12.2. The molecule has 150 valence electrons. The molecule has 1 rings (SSSR count). The molecule has 26 heavy (non-hydrogen) atoms. The van der Waals surface area contributed by atoms with E-state index in [1.807, 2.05) is 0 Å². The van der Waals surface area contributed by atoms with Crippen molar-refractivity contribution in [3.05, 3.63) is 26.4 Å². The van der Waals surface area contributed by atoms with Crippen molar-refractivity contribution < 1.29 is 0 Å². The highest BCUT2D eigenvalue weighted by atomic mass is 32.1. The van der Waals surface area contributed by atoms with Gasteiger partial charge >= 0.3 is 0 Å². The quantitative estimate of drug-likeness (QED) is 0.259. The Morgan fingerprint density at radius 2 is 1.31 bits per heavy atom. The highest BCUT2D eigenvalue weighted by Crippen LogP contribution is 2.13. The van der Waals surface area contributed by atoms with E-state index in [-0.39, 0.29) is 5.56 Å². The fourth-order valence-electron chi connectivity index (χ4n) is 3.46. The van der Waals surface area contributed by atoms with Gasteiger partial charge < -0.3 is 10.7 Å². The number of aryl methyl sites for hydroxylation is 1. The predicted octanol–water partition coefficient (Wildman–Crippen LogP) is 5.57. The molecule has 1 aromatic heterocycles. The summed E-state index contributed by atoms with van der Waals surface area (Å²) >= 11 is 5.09. The summed E-state index contributed by atoms with van der Waals surface area (Å²) in [5.41, 5.74) is 7.43. The van der Waals surface area contributed by atoms with Crippen LogP contribution in [0, 0.1) is 4.77 Å². The van der Waals surface area contributed by atoms with Crippen molar-refractivity contribution in [2.45, 2.75) is 103 Å². The Kier molecular flexibility index (Phi) is 13.5. The van der Waals surface area contributed by atoms with Crippen molar-refractivity contribution in [2.75, 3.05) is 6.54 Å². The van der Waals surface area contributed by atoms with Crippen molar-refractivity contribution in [2.24, 2.45) is 5.73 Å². The number of aromatic amines is 2. The normalized spacial score (nSPS) is 11.2. The number of rotatable bonds is 16. The molecule has 5 heteroatoms. The maximum Gasteiger partial charge on any atom is 0.255 e. The number of hydrogen-bond donors (Lipinski definition) is 3. The summed E-state index contributed by atoms with van der Waals surface area (Å²) in [4.78, 5) is 18.1. The number of aromatic nitrogens is 2. The Labute approximate surface area is 164 Å². The molecule has 0 aliphatic carbocycles. The van der Waals surface area contributed by atoms with Crippen LogP contribution in [0.3, 0.4) is 0 Å². The van der Waals surface area contributed by atoms with Crippen molar-refractivity contribution in [1.82, 2.24) is 9.97 Å². The summed E-state index contributed by atoms with van der Waals surface area (Å²) in [6, 6.07) is 0. The smallest absolute Gasteiger partial charge is 0.255 e. The molecule has 0 saturated heterocycles. The third-order valence-corrected chi connectivity index (χ3v) is 5.25. The molecule has 4 nitrogen and oxygen atoms in total. The lowest BCUT2D eigenvalue weighted by molar-refractivity contribution is 0.543. The highest BCUT2D eigenvalue weighted by Gasteiger charge is 2.08. The zero-order valence-corrected chi connectivity index (χ0v) is 17.5. The van der Waals surface area contributed by atoms with E-state index < -0.39 is 0 Å². The number of hydrogen-bond acceptors (Lipinski definition) is 3. The van der Waals surface area contributed by atoms with Gasteiger partial charge in [0.2, 0.25) is 0 Å². The van der Waals surface area contributed by atoms with Crippen LogP contribution in [-0.4, -0.2) is 16.5 Å². The Balaban J connectivity index is 2.16. The van der Waals surface area contributed by atoms with E-state index in [0.29, 0.717) is 11.3 Å². The molecule has 4 N–H and O–H groups in total. The summed E-state index contributed by atoms with van der Waals surface area (Å²) in [5, 5.41) is 0. The second kappa shape index (κ2) is 15.2. The van der Waals surface area contributed by atoms with Crippen molar-refractivity contribution in [1.29, 1.82) is 0 Å². The molecular weight excluding hydrogens is 342 g/mol. The van der Waals surface area contributed by atoms with Gasteiger partial charge in [-0.2, -0.15) is 0 Å². The summed E-state index contributed by atoms with van der Waals surface area (Å²) in [7, 11) is 0. The van der Waals surface area contributed by atoms with Crippen LogP contribution in [0.2, 0.25) is 0 Å². The van der Waals surface area contributed by atoms with E-state index in [0.717, 1.165) is 36.9 Å². The average Bonchev–Trinajstić information content (AvgIpc) is 2.62. The Bertz CT molecular complexity index is 579. The van der Waals surface area contributed by atoms with Crippen LogP contribution in [0.25, 0.3) is 0 Å². The van der Waals surface area contributed by atoms with Gasteiger partial charge in [0.15, 0.2) is 4.77 Å². The monoisotopic (exact) mass is 381 g/mol. The summed E-state index contributed by atoms with van der Waals surface area (Å²) in [6.45, 7) is 2.90. The van der Waals surface area contributed by atoms with Gasteiger partial charge in [-0.3, -0.25) is 9.78 Å². The molecule has 0 spiro atoms. The van der Waals surface area contributed by atoms with Crippen LogP contribution in [0.4, 0.5) is 0 Å². The van der Waals surface area contributed by atoms with Gasteiger partial charge in [-0.1, -0.05) is 77.6 Å². The molecule has 1 heterocycles. The molecule has 0 atom stereocenters. The molecular formula is C21H39N3OS. The van der Waals surface area contributed by atoms with Gasteiger partial charge in [0.05, 0.1) is 0 Å². The second-order valence-electron chi connectivity index (χ2n) is 7.40. The molecule has 0 aromatic carbocycles. The zero-order valence-electron chi connectivity index (χ0n) is 16.7. The minimum atomic E-state index is -0.0242. The van der Waals surface area contributed by atoms with E-state index >= 15 is 0 Å². The van der Waals surface area contributed by atoms with Crippen LogP contribution >= 0.6 is 12.2 Å². The molecule has 0 fully saturated rings. The third-order valence-electron chi connectivity index (χ3n) is 5.04. The van der Waals surface area contributed by atoms with E-state index in [9.17, 15) is 4.79 Å². The fourth-order valence-corrected chi connectivity index (χ4v) is 3.67. The fraction of sp³-hybridized carbons (Fsp3) is 0.810. The number of unbranched alkanes of at least 4 members (excludes halogenated alkanes) is 11. The van der Waals surface area contributed by atoms with Crippen molar-refractivity contribution in [3.63, 3.8) is 0 Å². The van der Waals surface area contributed by atoms with Crippen molar-refractivity contribution >= 4 is 12.2 Å². The van der Waals surface area contributed by atoms with Gasteiger partial charge in [-0.15, -0.1) is 0 Å². The van der Waals surface area contributed by atoms with Crippen LogP contribution in [0.15, 0.2) is 4.79 Å². The SMILES string of the molecule is CCCCCCCCCCCCCCc1c(CCCN)[nH]c(=S)[nH]c1=O. The molecule has 0 radical (unpaired) electrons. The summed E-state index contributed by atoms with van der Waals surface area (Å²) in [5.74, 6) is 0. The van der Waals surface area contributed by atoms with Gasteiger partial charge in [-0.25, -0.2) is 0 Å². The lowest BCUT2D eigenvalue weighted by Crippen LogP contribution is -2.18. The number of nitrogens with one attached hydrogen (secondary N) is 2. The Hall–Kier alpha value is -0.940. The Morgan fingerprint density at radius 1 is 0.769 bits per heavy atom. The van der Waals surface area contributed by atoms with Crippen LogP contribution < -0.4 is 11.3 Å². The zero-order chi connectivity index (χ0) is 19.0. The lowest BCUT2D eigenvalue weighted by atomic mass is 10.0. The van der Waals surface area contributed by atoms with Crippen LogP contribution in [0.1, 0.15) is 102 Å². The first-order valence-electron chi connectivity index (χ1n) is 10.7. The maximum absolute atomic E-state index is 12.2. The Morgan fingerprint density at radius 3 is 1.85 bits per heavy atom. The average molecular weight is 382 g/mol. The van der Waals surface area contributed by atoms with Crippen LogP contribution in [-0.2, 0) is 12.8 Å². The molecule has 0 saturated carbocycles. The van der Waals surface area contributed by atoms with Gasteiger partial charge in [-0.05, 0) is 44.4 Å². The topological polar surface area (TPSA) is 74.7 Å². The van der Waals surface area contributed by atoms with E-state index in [1.54, 1.807) is 0 Å². The summed E-state index contributed by atoms with van der Waals surface area (Å²) in [6.07, 6.45) is 18.5.